The van der Waals surface area contributed by atoms with Gasteiger partial charge < -0.3 is 10.2 Å². The van der Waals surface area contributed by atoms with Crippen LogP contribution in [0.25, 0.3) is 0 Å². The van der Waals surface area contributed by atoms with Crippen LogP contribution in [0, 0.1) is 0 Å². The summed E-state index contributed by atoms with van der Waals surface area (Å²) in [6, 6.07) is 6.09. The van der Waals surface area contributed by atoms with Crippen LogP contribution in [0.3, 0.4) is 0 Å². The summed E-state index contributed by atoms with van der Waals surface area (Å²) in [5, 5.41) is 5.35. The van der Waals surface area contributed by atoms with Gasteiger partial charge in [0.1, 0.15) is 18.0 Å². The molecule has 0 saturated heterocycles. The van der Waals surface area contributed by atoms with Crippen molar-refractivity contribution in [2.24, 2.45) is 0 Å². The van der Waals surface area contributed by atoms with Gasteiger partial charge in [0.25, 0.3) is 0 Å². The summed E-state index contributed by atoms with van der Waals surface area (Å²) in [6.07, 6.45) is 1.58. The van der Waals surface area contributed by atoms with E-state index in [1.54, 1.807) is 17.7 Å². The van der Waals surface area contributed by atoms with Crippen LogP contribution in [0.5, 0.6) is 0 Å². The quantitative estimate of drug-likeness (QED) is 0.880. The Kier molecular flexibility index (Phi) is 3.36. The van der Waals surface area contributed by atoms with Gasteiger partial charge in [0.05, 0.1) is 6.54 Å². The second kappa shape index (κ2) is 4.94. The smallest absolute Gasteiger partial charge is 0.133 e. The summed E-state index contributed by atoms with van der Waals surface area (Å²) in [4.78, 5) is 11.6. The molecule has 0 saturated carbocycles. The van der Waals surface area contributed by atoms with Crippen LogP contribution in [0.15, 0.2) is 29.9 Å². The maximum absolute atomic E-state index is 4.18. The number of aromatic nitrogens is 2. The van der Waals surface area contributed by atoms with E-state index >= 15 is 0 Å². The second-order valence-corrected chi connectivity index (χ2v) is 4.62. The summed E-state index contributed by atoms with van der Waals surface area (Å²) in [5.41, 5.74) is 0. The maximum atomic E-state index is 4.18. The first kappa shape index (κ1) is 10.9. The van der Waals surface area contributed by atoms with E-state index in [1.807, 2.05) is 31.1 Å². The number of rotatable bonds is 4. The molecule has 0 amide bonds. The Morgan fingerprint density at radius 2 is 2.25 bits per heavy atom. The van der Waals surface area contributed by atoms with Gasteiger partial charge >= 0.3 is 0 Å². The minimum Gasteiger partial charge on any atom is -0.365 e. The number of nitrogens with one attached hydrogen (secondary N) is 1. The van der Waals surface area contributed by atoms with Gasteiger partial charge in [-0.3, -0.25) is 0 Å². The summed E-state index contributed by atoms with van der Waals surface area (Å²) >= 11 is 1.74. The fraction of sp³-hybridized carbons (Fsp3) is 0.273. The van der Waals surface area contributed by atoms with Crippen LogP contribution < -0.4 is 10.2 Å². The minimum absolute atomic E-state index is 0.807. The van der Waals surface area contributed by atoms with Gasteiger partial charge in [0.15, 0.2) is 0 Å². The van der Waals surface area contributed by atoms with Crippen molar-refractivity contribution < 1.29 is 0 Å². The summed E-state index contributed by atoms with van der Waals surface area (Å²) in [5.74, 6) is 1.76. The van der Waals surface area contributed by atoms with Crippen molar-refractivity contribution in [3.05, 3.63) is 34.8 Å². The summed E-state index contributed by atoms with van der Waals surface area (Å²) in [7, 11) is 3.93. The van der Waals surface area contributed by atoms with Gasteiger partial charge in [-0.2, -0.15) is 0 Å². The fourth-order valence-electron chi connectivity index (χ4n) is 1.28. The van der Waals surface area contributed by atoms with Crippen LogP contribution in [0.4, 0.5) is 11.6 Å². The van der Waals surface area contributed by atoms with Gasteiger partial charge in [-0.05, 0) is 11.4 Å². The predicted molar refractivity (Wildman–Crippen MR) is 68.0 cm³/mol. The van der Waals surface area contributed by atoms with E-state index in [4.69, 9.17) is 0 Å². The van der Waals surface area contributed by atoms with E-state index in [0.29, 0.717) is 0 Å². The minimum atomic E-state index is 0.807. The molecule has 0 aliphatic heterocycles. The molecular weight excluding hydrogens is 220 g/mol. The van der Waals surface area contributed by atoms with E-state index in [1.165, 1.54) is 4.88 Å². The molecule has 0 fully saturated rings. The van der Waals surface area contributed by atoms with Crippen LogP contribution in [-0.4, -0.2) is 24.1 Å². The van der Waals surface area contributed by atoms with Crippen molar-refractivity contribution in [1.29, 1.82) is 0 Å². The van der Waals surface area contributed by atoms with Crippen LogP contribution >= 0.6 is 11.3 Å². The largest absolute Gasteiger partial charge is 0.365 e. The summed E-state index contributed by atoms with van der Waals surface area (Å²) < 4.78 is 0. The number of anilines is 2. The van der Waals surface area contributed by atoms with E-state index < -0.39 is 0 Å². The first-order valence-corrected chi connectivity index (χ1v) is 5.89. The normalized spacial score (nSPS) is 10.1. The third-order valence-corrected chi connectivity index (χ3v) is 3.01. The number of hydrogen-bond acceptors (Lipinski definition) is 5. The molecule has 0 unspecified atom stereocenters. The van der Waals surface area contributed by atoms with Gasteiger partial charge in [-0.15, -0.1) is 11.3 Å². The number of hydrogen-bond donors (Lipinski definition) is 1. The molecule has 0 aliphatic carbocycles. The molecule has 0 spiro atoms. The van der Waals surface area contributed by atoms with Gasteiger partial charge in [0, 0.05) is 25.0 Å². The zero-order chi connectivity index (χ0) is 11.4. The molecule has 0 atom stereocenters. The van der Waals surface area contributed by atoms with Gasteiger partial charge in [-0.25, -0.2) is 9.97 Å². The van der Waals surface area contributed by atoms with E-state index in [0.717, 1.165) is 18.2 Å². The first-order valence-electron chi connectivity index (χ1n) is 5.01. The van der Waals surface area contributed by atoms with Crippen LogP contribution in [0.2, 0.25) is 0 Å². The molecule has 84 valence electrons. The molecule has 2 aromatic rings. The number of nitrogens with zero attached hydrogens (tertiary/aromatic N) is 3. The Bertz CT molecular complexity index is 439. The molecular formula is C11H14N4S. The lowest BCUT2D eigenvalue weighted by atomic mass is 10.4. The average Bonchev–Trinajstić information content (AvgIpc) is 2.79. The predicted octanol–water partition coefficient (Wildman–Crippen LogP) is 2.22. The Morgan fingerprint density at radius 3 is 2.94 bits per heavy atom. The topological polar surface area (TPSA) is 41.0 Å². The van der Waals surface area contributed by atoms with Crippen molar-refractivity contribution in [3.63, 3.8) is 0 Å². The Labute approximate surface area is 99.0 Å². The molecule has 0 radical (unpaired) electrons. The standard InChI is InChI=1S/C11H14N4S/c1-15(2)11-6-10(13-8-14-11)12-7-9-4-3-5-16-9/h3-6,8H,7H2,1-2H3,(H,12,13,14). The van der Waals surface area contributed by atoms with Crippen molar-refractivity contribution in [2.75, 3.05) is 24.3 Å². The van der Waals surface area contributed by atoms with Crippen molar-refractivity contribution in [1.82, 2.24) is 9.97 Å². The average molecular weight is 234 g/mol. The zero-order valence-corrected chi connectivity index (χ0v) is 10.2. The lowest BCUT2D eigenvalue weighted by molar-refractivity contribution is 1.03. The Balaban J connectivity index is 2.01. The third-order valence-electron chi connectivity index (χ3n) is 2.13. The highest BCUT2D eigenvalue weighted by molar-refractivity contribution is 7.09. The molecule has 1 N–H and O–H groups in total. The van der Waals surface area contributed by atoms with Crippen LogP contribution in [-0.2, 0) is 6.54 Å². The number of thiophene rings is 1. The SMILES string of the molecule is CN(C)c1cc(NCc2cccs2)ncn1. The fourth-order valence-corrected chi connectivity index (χ4v) is 1.92. The lowest BCUT2D eigenvalue weighted by Gasteiger charge is -2.12. The van der Waals surface area contributed by atoms with Gasteiger partial charge in [-0.1, -0.05) is 6.07 Å². The first-order chi connectivity index (χ1) is 7.75. The van der Waals surface area contributed by atoms with Gasteiger partial charge in [0.2, 0.25) is 0 Å². The summed E-state index contributed by atoms with van der Waals surface area (Å²) in [6.45, 7) is 0.807. The molecule has 0 aromatic carbocycles. The Hall–Kier alpha value is -1.62. The molecule has 2 heterocycles. The van der Waals surface area contributed by atoms with Crippen molar-refractivity contribution in [3.8, 4) is 0 Å². The zero-order valence-electron chi connectivity index (χ0n) is 9.34. The highest BCUT2D eigenvalue weighted by Gasteiger charge is 2.00. The second-order valence-electron chi connectivity index (χ2n) is 3.59. The van der Waals surface area contributed by atoms with E-state index in [9.17, 15) is 0 Å². The third kappa shape index (κ3) is 2.70. The molecule has 16 heavy (non-hydrogen) atoms. The van der Waals surface area contributed by atoms with E-state index in [-0.39, 0.29) is 0 Å². The molecule has 2 rings (SSSR count). The molecule has 4 nitrogen and oxygen atoms in total. The molecule has 0 aliphatic rings. The maximum Gasteiger partial charge on any atom is 0.133 e. The van der Waals surface area contributed by atoms with Crippen molar-refractivity contribution in [2.45, 2.75) is 6.54 Å². The highest BCUT2D eigenvalue weighted by Crippen LogP contribution is 2.14. The monoisotopic (exact) mass is 234 g/mol. The van der Waals surface area contributed by atoms with Crippen LogP contribution in [0.1, 0.15) is 4.88 Å². The molecule has 5 heteroatoms. The highest BCUT2D eigenvalue weighted by atomic mass is 32.1. The van der Waals surface area contributed by atoms with E-state index in [2.05, 4.69) is 26.7 Å². The van der Waals surface area contributed by atoms with Crippen molar-refractivity contribution >= 4 is 23.0 Å². The Morgan fingerprint density at radius 1 is 1.38 bits per heavy atom. The molecule has 0 bridgehead atoms. The lowest BCUT2D eigenvalue weighted by Crippen LogP contribution is -2.11. The molecule has 2 aromatic heterocycles.